The van der Waals surface area contributed by atoms with Gasteiger partial charge in [0.25, 0.3) is 15.6 Å². The van der Waals surface area contributed by atoms with Gasteiger partial charge >= 0.3 is 0 Å². The molecule has 0 bridgehead atoms. The summed E-state index contributed by atoms with van der Waals surface area (Å²) in [5.41, 5.74) is 1.55. The van der Waals surface area contributed by atoms with Crippen LogP contribution in [0.1, 0.15) is 12.5 Å². The lowest BCUT2D eigenvalue weighted by Crippen LogP contribution is -2.32. The van der Waals surface area contributed by atoms with Crippen LogP contribution in [-0.4, -0.2) is 43.0 Å². The second kappa shape index (κ2) is 10.6. The summed E-state index contributed by atoms with van der Waals surface area (Å²) in [6, 6.07) is 9.96. The molecule has 4 rings (SSSR count). The van der Waals surface area contributed by atoms with E-state index in [2.05, 4.69) is 20.0 Å². The highest BCUT2D eigenvalue weighted by Crippen LogP contribution is 2.31. The van der Waals surface area contributed by atoms with Gasteiger partial charge in [0.2, 0.25) is 11.8 Å². The maximum absolute atomic E-state index is 13.5. The van der Waals surface area contributed by atoms with Crippen LogP contribution in [0.2, 0.25) is 0 Å². The highest BCUT2D eigenvalue weighted by molar-refractivity contribution is 7.92. The number of ether oxygens (including phenoxy) is 1. The van der Waals surface area contributed by atoms with Gasteiger partial charge in [-0.15, -0.1) is 0 Å². The van der Waals surface area contributed by atoms with Crippen molar-refractivity contribution in [3.8, 4) is 17.0 Å². The van der Waals surface area contributed by atoms with Crippen LogP contribution >= 0.6 is 0 Å². The van der Waals surface area contributed by atoms with Crippen molar-refractivity contribution in [1.29, 1.82) is 0 Å². The fraction of sp³-hybridized carbons (Fsp3) is 0.231. The highest BCUT2D eigenvalue weighted by Gasteiger charge is 2.21. The van der Waals surface area contributed by atoms with Crippen molar-refractivity contribution in [2.75, 3.05) is 18.9 Å². The predicted octanol–water partition coefficient (Wildman–Crippen LogP) is 3.10. The van der Waals surface area contributed by atoms with Gasteiger partial charge in [-0.2, -0.15) is 0 Å². The number of anilines is 1. The van der Waals surface area contributed by atoms with Gasteiger partial charge in [-0.25, -0.2) is 22.8 Å². The third kappa shape index (κ3) is 5.35. The Morgan fingerprint density at radius 2 is 1.89 bits per heavy atom. The molecule has 0 saturated carbocycles. The molecule has 0 fully saturated rings. The number of rotatable bonds is 8. The van der Waals surface area contributed by atoms with Gasteiger partial charge in [-0.1, -0.05) is 13.0 Å². The molecule has 12 heteroatoms. The van der Waals surface area contributed by atoms with Crippen molar-refractivity contribution in [3.63, 3.8) is 0 Å². The molecule has 1 amide bonds. The van der Waals surface area contributed by atoms with Gasteiger partial charge in [0.05, 0.1) is 35.2 Å². The summed E-state index contributed by atoms with van der Waals surface area (Å²) in [4.78, 5) is 33.5. The lowest BCUT2D eigenvalue weighted by Gasteiger charge is -2.14. The van der Waals surface area contributed by atoms with E-state index < -0.39 is 21.8 Å². The van der Waals surface area contributed by atoms with Crippen LogP contribution in [0, 0.1) is 18.7 Å². The topological polar surface area (TPSA) is 132 Å². The minimum Gasteiger partial charge on any atom is -0.480 e. The number of nitrogens with one attached hydrogen (secondary N) is 2. The van der Waals surface area contributed by atoms with E-state index >= 15 is 0 Å². The predicted molar refractivity (Wildman–Crippen MR) is 141 cm³/mol. The number of nitrogens with zero attached hydrogens (tertiary/aromatic N) is 3. The van der Waals surface area contributed by atoms with Crippen molar-refractivity contribution in [3.05, 3.63) is 76.7 Å². The molecule has 2 aromatic carbocycles. The number of amides is 1. The second-order valence-corrected chi connectivity index (χ2v) is 10.4. The van der Waals surface area contributed by atoms with Crippen LogP contribution in [0.25, 0.3) is 22.0 Å². The van der Waals surface area contributed by atoms with E-state index in [0.29, 0.717) is 22.0 Å². The molecule has 1 atom stereocenters. The second-order valence-electron chi connectivity index (χ2n) is 8.75. The Bertz CT molecular complexity index is 1700. The number of pyridine rings is 1. The molecule has 38 heavy (non-hydrogen) atoms. The van der Waals surface area contributed by atoms with Gasteiger partial charge in [0.1, 0.15) is 11.5 Å². The molecule has 2 heterocycles. The Labute approximate surface area is 218 Å². The first-order valence-corrected chi connectivity index (χ1v) is 13.1. The van der Waals surface area contributed by atoms with E-state index in [1.807, 2.05) is 0 Å². The van der Waals surface area contributed by atoms with Crippen LogP contribution in [-0.2, 0) is 21.4 Å². The number of sulfonamides is 1. The van der Waals surface area contributed by atoms with Gasteiger partial charge < -0.3 is 10.1 Å². The maximum atomic E-state index is 13.5. The zero-order valence-corrected chi connectivity index (χ0v) is 22.0. The Balaban J connectivity index is 1.73. The molecule has 2 aromatic heterocycles. The molecule has 2 N–H and O–H groups in total. The molecule has 4 aromatic rings. The Kier molecular flexibility index (Phi) is 7.44. The average Bonchev–Trinajstić information content (AvgIpc) is 2.89. The zero-order chi connectivity index (χ0) is 27.6. The lowest BCUT2D eigenvalue weighted by molar-refractivity contribution is -0.124. The summed E-state index contributed by atoms with van der Waals surface area (Å²) in [7, 11) is -1.21. The highest BCUT2D eigenvalue weighted by atomic mass is 32.2. The number of carbonyl (C=O) groups is 1. The third-order valence-corrected chi connectivity index (χ3v) is 7.56. The summed E-state index contributed by atoms with van der Waals surface area (Å²) in [5, 5.41) is 2.89. The molecule has 0 aliphatic heterocycles. The molecule has 0 radical (unpaired) electrons. The summed E-state index contributed by atoms with van der Waals surface area (Å²) in [6.07, 6.45) is 2.90. The fourth-order valence-corrected chi connectivity index (χ4v) is 5.33. The molecular weight excluding hydrogens is 513 g/mol. The quantitative estimate of drug-likeness (QED) is 0.352. The first kappa shape index (κ1) is 26.7. The third-order valence-electron chi connectivity index (χ3n) is 6.04. The number of benzene rings is 2. The van der Waals surface area contributed by atoms with Gasteiger partial charge in [0.15, 0.2) is 0 Å². The van der Waals surface area contributed by atoms with Crippen LogP contribution < -0.4 is 20.3 Å². The fourth-order valence-electron chi connectivity index (χ4n) is 4.05. The lowest BCUT2D eigenvalue weighted by atomic mass is 10.0. The minimum absolute atomic E-state index is 0.0325. The molecule has 0 saturated heterocycles. The van der Waals surface area contributed by atoms with E-state index in [-0.39, 0.29) is 40.0 Å². The largest absolute Gasteiger partial charge is 0.480 e. The average molecular weight is 540 g/mol. The molecular formula is C26H26FN5O5S. The summed E-state index contributed by atoms with van der Waals surface area (Å²) in [6.45, 7) is 3.37. The van der Waals surface area contributed by atoms with Gasteiger partial charge in [-0.05, 0) is 54.4 Å². The molecule has 0 spiro atoms. The van der Waals surface area contributed by atoms with Crippen LogP contribution in [0.3, 0.4) is 0 Å². The van der Waals surface area contributed by atoms with Gasteiger partial charge in [0, 0.05) is 25.4 Å². The van der Waals surface area contributed by atoms with Crippen LogP contribution in [0.15, 0.2) is 64.7 Å². The first-order chi connectivity index (χ1) is 18.0. The number of hydrogen-bond donors (Lipinski definition) is 2. The summed E-state index contributed by atoms with van der Waals surface area (Å²) >= 11 is 0. The standard InChI is InChI=1S/C26H26FN5O5S/c1-15-9-19(27)6-8-23(15)38(35,36)31-22-11-18(12-29-25(22)37-4)17-5-7-21-20(10-17)26(34)32(14-30-21)13-16(2)24(33)28-3/h5-12,14,16,31H,13H2,1-4H3,(H,28,33)/t16-/m1/s1. The van der Waals surface area contributed by atoms with Gasteiger partial charge in [-0.3, -0.25) is 18.9 Å². The first-order valence-electron chi connectivity index (χ1n) is 11.6. The number of fused-ring (bicyclic) bond motifs is 1. The van der Waals surface area contributed by atoms with Crippen molar-refractivity contribution in [1.82, 2.24) is 19.9 Å². The van der Waals surface area contributed by atoms with Crippen molar-refractivity contribution < 1.29 is 22.3 Å². The number of carbonyl (C=O) groups excluding carboxylic acids is 1. The van der Waals surface area contributed by atoms with Crippen molar-refractivity contribution >= 4 is 32.5 Å². The number of methoxy groups -OCH3 is 1. The number of hydrogen-bond acceptors (Lipinski definition) is 7. The van der Waals surface area contributed by atoms with E-state index in [1.54, 1.807) is 25.1 Å². The number of aryl methyl sites for hydroxylation is 1. The van der Waals surface area contributed by atoms with Crippen molar-refractivity contribution in [2.24, 2.45) is 5.92 Å². The monoisotopic (exact) mass is 539 g/mol. The van der Waals surface area contributed by atoms with Crippen LogP contribution in [0.5, 0.6) is 5.88 Å². The van der Waals surface area contributed by atoms with Crippen LogP contribution in [0.4, 0.5) is 10.1 Å². The summed E-state index contributed by atoms with van der Waals surface area (Å²) < 4.78 is 48.7. The Morgan fingerprint density at radius 3 is 2.58 bits per heavy atom. The normalized spacial score (nSPS) is 12.2. The molecule has 0 aliphatic rings. The molecule has 0 unspecified atom stereocenters. The minimum atomic E-state index is -4.09. The smallest absolute Gasteiger partial charge is 0.262 e. The van der Waals surface area contributed by atoms with E-state index in [0.717, 1.165) is 12.1 Å². The molecule has 198 valence electrons. The Hall–Kier alpha value is -4.32. The maximum Gasteiger partial charge on any atom is 0.262 e. The molecule has 10 nitrogen and oxygen atoms in total. The summed E-state index contributed by atoms with van der Waals surface area (Å²) in [5.74, 6) is -1.15. The zero-order valence-electron chi connectivity index (χ0n) is 21.1. The number of halogens is 1. The van der Waals surface area contributed by atoms with E-state index in [1.165, 1.54) is 50.3 Å². The molecule has 0 aliphatic carbocycles. The Morgan fingerprint density at radius 1 is 1.13 bits per heavy atom. The number of aromatic nitrogens is 3. The van der Waals surface area contributed by atoms with Crippen molar-refractivity contribution in [2.45, 2.75) is 25.3 Å². The SMILES string of the molecule is CNC(=O)[C@H](C)Cn1cnc2ccc(-c3cnc(OC)c(NS(=O)(=O)c4ccc(F)cc4C)c3)cc2c1=O. The van der Waals surface area contributed by atoms with E-state index in [9.17, 15) is 22.4 Å². The van der Waals surface area contributed by atoms with E-state index in [4.69, 9.17) is 4.74 Å².